The lowest BCUT2D eigenvalue weighted by Crippen LogP contribution is -2.40. The molecule has 0 bridgehead atoms. The summed E-state index contributed by atoms with van der Waals surface area (Å²) in [5.41, 5.74) is 0.445. The lowest BCUT2D eigenvalue weighted by atomic mass is 10.2. The van der Waals surface area contributed by atoms with Crippen LogP contribution in [0.2, 0.25) is 0 Å². The molecular weight excluding hydrogens is 304 g/mol. The highest BCUT2D eigenvalue weighted by molar-refractivity contribution is 7.89. The lowest BCUT2D eigenvalue weighted by Gasteiger charge is -2.23. The molecule has 0 spiro atoms. The van der Waals surface area contributed by atoms with E-state index >= 15 is 0 Å². The van der Waals surface area contributed by atoms with Crippen molar-refractivity contribution in [2.24, 2.45) is 0 Å². The van der Waals surface area contributed by atoms with Gasteiger partial charge in [-0.2, -0.15) is 4.31 Å². The van der Waals surface area contributed by atoms with Crippen LogP contribution in [0, 0.1) is 0 Å². The number of ketones is 1. The van der Waals surface area contributed by atoms with Gasteiger partial charge in [-0.1, -0.05) is 12.1 Å². The Kier molecular flexibility index (Phi) is 6.25. The van der Waals surface area contributed by atoms with Gasteiger partial charge < -0.3 is 4.90 Å². The monoisotopic (exact) mass is 326 g/mol. The zero-order chi connectivity index (χ0) is 16.9. The SMILES string of the molecule is CCN(CC)C(=O)CN(C)S(=O)(=O)c1ccc(C(C)=O)cc1. The van der Waals surface area contributed by atoms with Gasteiger partial charge in [-0.15, -0.1) is 0 Å². The fraction of sp³-hybridized carbons (Fsp3) is 0.467. The van der Waals surface area contributed by atoms with Gasteiger partial charge in [-0.3, -0.25) is 9.59 Å². The summed E-state index contributed by atoms with van der Waals surface area (Å²) in [5, 5.41) is 0. The largest absolute Gasteiger partial charge is 0.342 e. The van der Waals surface area contributed by atoms with Crippen molar-refractivity contribution >= 4 is 21.7 Å². The Morgan fingerprint density at radius 3 is 1.95 bits per heavy atom. The highest BCUT2D eigenvalue weighted by Gasteiger charge is 2.24. The second kappa shape index (κ2) is 7.51. The molecule has 0 saturated carbocycles. The van der Waals surface area contributed by atoms with Crippen LogP contribution in [0.5, 0.6) is 0 Å². The first kappa shape index (κ1) is 18.3. The summed E-state index contributed by atoms with van der Waals surface area (Å²) in [6, 6.07) is 5.69. The van der Waals surface area contributed by atoms with E-state index in [4.69, 9.17) is 0 Å². The van der Waals surface area contributed by atoms with Crippen molar-refractivity contribution in [1.29, 1.82) is 0 Å². The van der Waals surface area contributed by atoms with Crippen LogP contribution in [0.25, 0.3) is 0 Å². The van der Waals surface area contributed by atoms with Crippen molar-refractivity contribution in [1.82, 2.24) is 9.21 Å². The summed E-state index contributed by atoms with van der Waals surface area (Å²) in [7, 11) is -2.38. The summed E-state index contributed by atoms with van der Waals surface area (Å²) in [6.45, 7) is 5.97. The normalized spacial score (nSPS) is 11.5. The van der Waals surface area contributed by atoms with Crippen LogP contribution < -0.4 is 0 Å². The highest BCUT2D eigenvalue weighted by Crippen LogP contribution is 2.15. The first-order valence-corrected chi connectivity index (χ1v) is 8.53. The third kappa shape index (κ3) is 4.14. The molecule has 1 amide bonds. The van der Waals surface area contributed by atoms with Gasteiger partial charge in [0.05, 0.1) is 11.4 Å². The average molecular weight is 326 g/mol. The molecule has 122 valence electrons. The third-order valence-electron chi connectivity index (χ3n) is 3.44. The molecule has 0 aliphatic rings. The summed E-state index contributed by atoms with van der Waals surface area (Å²) in [5.74, 6) is -0.370. The minimum atomic E-state index is -3.75. The Bertz CT molecular complexity index is 634. The molecule has 7 heteroatoms. The van der Waals surface area contributed by atoms with E-state index in [2.05, 4.69) is 0 Å². The summed E-state index contributed by atoms with van der Waals surface area (Å²) >= 11 is 0. The fourth-order valence-electron chi connectivity index (χ4n) is 1.99. The van der Waals surface area contributed by atoms with Gasteiger partial charge in [0.15, 0.2) is 5.78 Å². The van der Waals surface area contributed by atoms with Crippen LogP contribution in [0.3, 0.4) is 0 Å². The molecule has 1 rings (SSSR count). The zero-order valence-electron chi connectivity index (χ0n) is 13.4. The van der Waals surface area contributed by atoms with E-state index in [1.54, 1.807) is 4.90 Å². The predicted molar refractivity (Wildman–Crippen MR) is 84.2 cm³/mol. The molecule has 1 aromatic carbocycles. The van der Waals surface area contributed by atoms with Gasteiger partial charge in [-0.05, 0) is 32.9 Å². The Morgan fingerprint density at radius 1 is 1.05 bits per heavy atom. The average Bonchev–Trinajstić information content (AvgIpc) is 2.48. The molecule has 1 aromatic rings. The molecule has 0 aromatic heterocycles. The smallest absolute Gasteiger partial charge is 0.243 e. The number of carbonyl (C=O) groups excluding carboxylic acids is 2. The number of benzene rings is 1. The van der Waals surface area contributed by atoms with Gasteiger partial charge in [0.2, 0.25) is 15.9 Å². The Balaban J connectivity index is 2.93. The Labute approximate surface area is 131 Å². The maximum atomic E-state index is 12.4. The van der Waals surface area contributed by atoms with E-state index in [9.17, 15) is 18.0 Å². The summed E-state index contributed by atoms with van der Waals surface area (Å²) < 4.78 is 25.9. The van der Waals surface area contributed by atoms with Crippen molar-refractivity contribution < 1.29 is 18.0 Å². The molecule has 0 radical (unpaired) electrons. The lowest BCUT2D eigenvalue weighted by molar-refractivity contribution is -0.130. The van der Waals surface area contributed by atoms with Gasteiger partial charge in [-0.25, -0.2) is 8.42 Å². The molecule has 0 aliphatic heterocycles. The number of amides is 1. The fourth-order valence-corrected chi connectivity index (χ4v) is 3.11. The number of Topliss-reactive ketones (excluding diaryl/α,β-unsaturated/α-hetero) is 1. The van der Waals surface area contributed by atoms with E-state index in [1.165, 1.54) is 38.2 Å². The predicted octanol–water partition coefficient (Wildman–Crippen LogP) is 1.38. The molecule has 0 heterocycles. The van der Waals surface area contributed by atoms with E-state index in [0.717, 1.165) is 4.31 Å². The second-order valence-electron chi connectivity index (χ2n) is 4.91. The minimum Gasteiger partial charge on any atom is -0.342 e. The van der Waals surface area contributed by atoms with Crippen LogP contribution in [-0.2, 0) is 14.8 Å². The molecular formula is C15H22N2O4S. The highest BCUT2D eigenvalue weighted by atomic mass is 32.2. The van der Waals surface area contributed by atoms with Crippen molar-refractivity contribution in [2.75, 3.05) is 26.7 Å². The van der Waals surface area contributed by atoms with Crippen molar-refractivity contribution in [3.63, 3.8) is 0 Å². The molecule has 0 atom stereocenters. The van der Waals surface area contributed by atoms with Gasteiger partial charge >= 0.3 is 0 Å². The molecule has 0 fully saturated rings. The number of nitrogens with zero attached hydrogens (tertiary/aromatic N) is 2. The van der Waals surface area contributed by atoms with Crippen LogP contribution in [-0.4, -0.2) is 56.0 Å². The molecule has 0 N–H and O–H groups in total. The standard InChI is InChI=1S/C15H22N2O4S/c1-5-17(6-2)15(19)11-16(4)22(20,21)14-9-7-13(8-10-14)12(3)18/h7-10H,5-6,11H2,1-4H3. The van der Waals surface area contributed by atoms with Crippen molar-refractivity contribution in [3.05, 3.63) is 29.8 Å². The summed E-state index contributed by atoms with van der Waals surface area (Å²) in [6.07, 6.45) is 0. The summed E-state index contributed by atoms with van der Waals surface area (Å²) in [4.78, 5) is 24.9. The molecule has 22 heavy (non-hydrogen) atoms. The van der Waals surface area contributed by atoms with E-state index < -0.39 is 10.0 Å². The van der Waals surface area contributed by atoms with Crippen molar-refractivity contribution in [2.45, 2.75) is 25.7 Å². The van der Waals surface area contributed by atoms with E-state index in [0.29, 0.717) is 18.7 Å². The third-order valence-corrected chi connectivity index (χ3v) is 5.26. The van der Waals surface area contributed by atoms with Crippen LogP contribution in [0.4, 0.5) is 0 Å². The van der Waals surface area contributed by atoms with Crippen LogP contribution in [0.1, 0.15) is 31.1 Å². The van der Waals surface area contributed by atoms with Crippen LogP contribution >= 0.6 is 0 Å². The molecule has 0 aliphatic carbocycles. The quantitative estimate of drug-likeness (QED) is 0.710. The maximum absolute atomic E-state index is 12.4. The van der Waals surface area contributed by atoms with E-state index in [1.807, 2.05) is 13.8 Å². The number of rotatable bonds is 7. The number of carbonyl (C=O) groups is 2. The molecule has 0 unspecified atom stereocenters. The number of sulfonamides is 1. The zero-order valence-corrected chi connectivity index (χ0v) is 14.2. The second-order valence-corrected chi connectivity index (χ2v) is 6.95. The Morgan fingerprint density at radius 2 is 1.55 bits per heavy atom. The minimum absolute atomic E-state index is 0.0624. The topological polar surface area (TPSA) is 74.8 Å². The molecule has 0 saturated heterocycles. The van der Waals surface area contributed by atoms with Gasteiger partial charge in [0.25, 0.3) is 0 Å². The van der Waals surface area contributed by atoms with Crippen LogP contribution in [0.15, 0.2) is 29.2 Å². The number of likely N-dealkylation sites (N-methyl/N-ethyl adjacent to an activating group) is 2. The van der Waals surface area contributed by atoms with E-state index in [-0.39, 0.29) is 23.1 Å². The first-order chi connectivity index (χ1) is 10.2. The number of hydrogen-bond acceptors (Lipinski definition) is 4. The molecule has 6 nitrogen and oxygen atoms in total. The van der Waals surface area contributed by atoms with Crippen molar-refractivity contribution in [3.8, 4) is 0 Å². The Hall–Kier alpha value is -1.73. The maximum Gasteiger partial charge on any atom is 0.243 e. The number of hydrogen-bond donors (Lipinski definition) is 0. The van der Waals surface area contributed by atoms with Gasteiger partial charge in [0.1, 0.15) is 0 Å². The van der Waals surface area contributed by atoms with Gasteiger partial charge in [0, 0.05) is 25.7 Å². The first-order valence-electron chi connectivity index (χ1n) is 7.09.